The van der Waals surface area contributed by atoms with Gasteiger partial charge in [0, 0.05) is 19.0 Å². The van der Waals surface area contributed by atoms with Gasteiger partial charge in [0.1, 0.15) is 0 Å². The third-order valence-corrected chi connectivity index (χ3v) is 4.56. The number of carbonyl (C=O) groups excluding carboxylic acids is 2. The zero-order valence-electron chi connectivity index (χ0n) is 12.0. The summed E-state index contributed by atoms with van der Waals surface area (Å²) in [7, 11) is 0. The number of carbonyl (C=O) groups is 2. The molecule has 1 aromatic heterocycles. The van der Waals surface area contributed by atoms with Gasteiger partial charge in [-0.3, -0.25) is 9.59 Å². The summed E-state index contributed by atoms with van der Waals surface area (Å²) in [6.45, 7) is 2.90. The molecule has 1 saturated carbocycles. The Kier molecular flexibility index (Phi) is 3.96. The molecule has 1 saturated heterocycles. The molecule has 1 unspecified atom stereocenters. The van der Waals surface area contributed by atoms with Gasteiger partial charge in [0.15, 0.2) is 5.76 Å². The molecule has 0 bridgehead atoms. The molecule has 2 amide bonds. The van der Waals surface area contributed by atoms with Crippen LogP contribution >= 0.6 is 0 Å². The summed E-state index contributed by atoms with van der Waals surface area (Å²) >= 11 is 0. The van der Waals surface area contributed by atoms with E-state index in [2.05, 4.69) is 16.0 Å². The highest BCUT2D eigenvalue weighted by Crippen LogP contribution is 2.58. The second-order valence-corrected chi connectivity index (χ2v) is 5.89. The lowest BCUT2D eigenvalue weighted by Crippen LogP contribution is -2.37. The van der Waals surface area contributed by atoms with E-state index in [-0.39, 0.29) is 28.9 Å². The summed E-state index contributed by atoms with van der Waals surface area (Å²) in [6, 6.07) is 3.28. The Morgan fingerprint density at radius 3 is 2.76 bits per heavy atom. The molecule has 6 nitrogen and oxygen atoms in total. The zero-order valence-corrected chi connectivity index (χ0v) is 12.0. The van der Waals surface area contributed by atoms with Crippen molar-refractivity contribution < 1.29 is 14.0 Å². The summed E-state index contributed by atoms with van der Waals surface area (Å²) < 4.78 is 4.99. The van der Waals surface area contributed by atoms with Crippen molar-refractivity contribution in [2.45, 2.75) is 19.3 Å². The Labute approximate surface area is 123 Å². The van der Waals surface area contributed by atoms with E-state index in [0.29, 0.717) is 13.1 Å². The van der Waals surface area contributed by atoms with Crippen molar-refractivity contribution in [1.29, 1.82) is 0 Å². The van der Waals surface area contributed by atoms with Crippen molar-refractivity contribution in [1.82, 2.24) is 16.0 Å². The van der Waals surface area contributed by atoms with Crippen LogP contribution in [-0.2, 0) is 4.79 Å². The predicted molar refractivity (Wildman–Crippen MR) is 76.7 cm³/mol. The Balaban J connectivity index is 1.35. The lowest BCUT2D eigenvalue weighted by atomic mass is 9.92. The van der Waals surface area contributed by atoms with Gasteiger partial charge in [0.05, 0.1) is 6.26 Å². The molecule has 2 fully saturated rings. The van der Waals surface area contributed by atoms with Crippen molar-refractivity contribution in [2.24, 2.45) is 11.3 Å². The van der Waals surface area contributed by atoms with Gasteiger partial charge >= 0.3 is 0 Å². The lowest BCUT2D eigenvalue weighted by molar-refractivity contribution is -0.123. The second-order valence-electron chi connectivity index (χ2n) is 5.89. The highest BCUT2D eigenvalue weighted by atomic mass is 16.3. The summed E-state index contributed by atoms with van der Waals surface area (Å²) in [5, 5.41) is 8.96. The van der Waals surface area contributed by atoms with E-state index < -0.39 is 0 Å². The van der Waals surface area contributed by atoms with Gasteiger partial charge in [-0.25, -0.2) is 0 Å². The van der Waals surface area contributed by atoms with Crippen LogP contribution in [-0.4, -0.2) is 38.0 Å². The van der Waals surface area contributed by atoms with Crippen molar-refractivity contribution in [3.8, 4) is 0 Å². The van der Waals surface area contributed by atoms with E-state index in [1.54, 1.807) is 12.1 Å². The molecule has 1 spiro atoms. The minimum Gasteiger partial charge on any atom is -0.459 e. The van der Waals surface area contributed by atoms with Crippen LogP contribution in [0.15, 0.2) is 22.8 Å². The maximum absolute atomic E-state index is 12.1. The number of furan rings is 1. The molecule has 1 aromatic rings. The number of amides is 2. The Bertz CT molecular complexity index is 506. The molecular formula is C15H21N3O3. The zero-order chi connectivity index (χ0) is 14.7. The molecule has 1 aliphatic carbocycles. The maximum atomic E-state index is 12.1. The molecule has 21 heavy (non-hydrogen) atoms. The summed E-state index contributed by atoms with van der Waals surface area (Å²) in [6.07, 6.45) is 4.67. The van der Waals surface area contributed by atoms with E-state index in [0.717, 1.165) is 32.4 Å². The number of hydrogen-bond acceptors (Lipinski definition) is 4. The number of hydrogen-bond donors (Lipinski definition) is 3. The largest absolute Gasteiger partial charge is 0.459 e. The molecule has 3 rings (SSSR count). The maximum Gasteiger partial charge on any atom is 0.287 e. The molecule has 6 heteroatoms. The molecule has 0 aromatic carbocycles. The minimum absolute atomic E-state index is 0.129. The van der Waals surface area contributed by atoms with Gasteiger partial charge in [-0.2, -0.15) is 0 Å². The van der Waals surface area contributed by atoms with Crippen LogP contribution in [0.3, 0.4) is 0 Å². The highest BCUT2D eigenvalue weighted by molar-refractivity contribution is 5.91. The molecule has 1 atom stereocenters. The molecule has 3 N–H and O–H groups in total. The summed E-state index contributed by atoms with van der Waals surface area (Å²) in [5.41, 5.74) is 0.257. The van der Waals surface area contributed by atoms with E-state index in [9.17, 15) is 9.59 Å². The number of rotatable bonds is 5. The Morgan fingerprint density at radius 2 is 2.05 bits per heavy atom. The fraction of sp³-hybridized carbons (Fsp3) is 0.600. The van der Waals surface area contributed by atoms with Crippen LogP contribution in [0.4, 0.5) is 0 Å². The molecule has 1 aliphatic heterocycles. The van der Waals surface area contributed by atoms with Gasteiger partial charge < -0.3 is 20.4 Å². The van der Waals surface area contributed by atoms with E-state index in [4.69, 9.17) is 4.42 Å². The first-order chi connectivity index (χ1) is 10.2. The molecular weight excluding hydrogens is 270 g/mol. The van der Waals surface area contributed by atoms with Crippen LogP contribution in [0.2, 0.25) is 0 Å². The third-order valence-electron chi connectivity index (χ3n) is 4.56. The normalized spacial score (nSPS) is 22.8. The van der Waals surface area contributed by atoms with Crippen LogP contribution in [0.25, 0.3) is 0 Å². The highest BCUT2D eigenvalue weighted by Gasteiger charge is 2.57. The van der Waals surface area contributed by atoms with Gasteiger partial charge in [-0.1, -0.05) is 0 Å². The fourth-order valence-electron chi connectivity index (χ4n) is 3.18. The fourth-order valence-corrected chi connectivity index (χ4v) is 3.18. The van der Waals surface area contributed by atoms with Crippen molar-refractivity contribution >= 4 is 11.8 Å². The van der Waals surface area contributed by atoms with E-state index >= 15 is 0 Å². The predicted octanol–water partition coefficient (Wildman–Crippen LogP) is 0.515. The average Bonchev–Trinajstić information content (AvgIpc) is 2.95. The monoisotopic (exact) mass is 291 g/mol. The number of piperidine rings is 1. The van der Waals surface area contributed by atoms with Gasteiger partial charge in [0.25, 0.3) is 5.91 Å². The first kappa shape index (κ1) is 14.1. The second kappa shape index (κ2) is 5.89. The van der Waals surface area contributed by atoms with Crippen LogP contribution < -0.4 is 16.0 Å². The third kappa shape index (κ3) is 3.10. The van der Waals surface area contributed by atoms with Gasteiger partial charge in [-0.15, -0.1) is 0 Å². The van der Waals surface area contributed by atoms with Crippen molar-refractivity contribution in [3.63, 3.8) is 0 Å². The van der Waals surface area contributed by atoms with E-state index in [1.807, 2.05) is 0 Å². The van der Waals surface area contributed by atoms with Crippen molar-refractivity contribution in [3.05, 3.63) is 24.2 Å². The smallest absolute Gasteiger partial charge is 0.287 e. The van der Waals surface area contributed by atoms with Crippen molar-refractivity contribution in [2.75, 3.05) is 26.2 Å². The van der Waals surface area contributed by atoms with Crippen LogP contribution in [0, 0.1) is 11.3 Å². The lowest BCUT2D eigenvalue weighted by Gasteiger charge is -2.23. The standard InChI is InChI=1S/C15H21N3O3/c19-13(11-10-15(11)3-5-16-6-4-15)17-7-8-18-14(20)12-2-1-9-21-12/h1-2,9,11,16H,3-8,10H2,(H,17,19)(H,18,20). The molecule has 114 valence electrons. The van der Waals surface area contributed by atoms with E-state index in [1.165, 1.54) is 6.26 Å². The molecule has 2 heterocycles. The topological polar surface area (TPSA) is 83.4 Å². The van der Waals surface area contributed by atoms with Crippen LogP contribution in [0.5, 0.6) is 0 Å². The molecule has 2 aliphatic rings. The first-order valence-electron chi connectivity index (χ1n) is 7.51. The van der Waals surface area contributed by atoms with Gasteiger partial charge in [0.2, 0.25) is 5.91 Å². The Hall–Kier alpha value is -1.82. The quantitative estimate of drug-likeness (QED) is 0.691. The summed E-state index contributed by atoms with van der Waals surface area (Å²) in [5.74, 6) is 0.331. The first-order valence-corrected chi connectivity index (χ1v) is 7.51. The van der Waals surface area contributed by atoms with Gasteiger partial charge in [-0.05, 0) is 49.9 Å². The average molecular weight is 291 g/mol. The Morgan fingerprint density at radius 1 is 1.29 bits per heavy atom. The SMILES string of the molecule is O=C(NCCNC(=O)C1CC12CCNCC2)c1ccco1. The van der Waals surface area contributed by atoms with Crippen LogP contribution in [0.1, 0.15) is 29.8 Å². The number of nitrogens with one attached hydrogen (secondary N) is 3. The minimum atomic E-state index is -0.254. The molecule has 0 radical (unpaired) electrons. The summed E-state index contributed by atoms with van der Waals surface area (Å²) in [4.78, 5) is 23.7.